The lowest BCUT2D eigenvalue weighted by atomic mass is 9.91. The number of pyridine rings is 1. The van der Waals surface area contributed by atoms with Crippen LogP contribution < -0.4 is 11.1 Å². The molecular weight excluding hydrogens is 292 g/mol. The molecule has 23 heavy (non-hydrogen) atoms. The summed E-state index contributed by atoms with van der Waals surface area (Å²) in [6.45, 7) is 2.09. The number of aromatic nitrogens is 3. The molecule has 7 nitrogen and oxygen atoms in total. The van der Waals surface area contributed by atoms with E-state index >= 15 is 0 Å². The predicted octanol–water partition coefficient (Wildman–Crippen LogP) is 1.28. The van der Waals surface area contributed by atoms with E-state index in [9.17, 15) is 4.79 Å². The minimum absolute atomic E-state index is 0.274. The van der Waals surface area contributed by atoms with Crippen LogP contribution in [-0.4, -0.2) is 45.4 Å². The van der Waals surface area contributed by atoms with Crippen LogP contribution in [0.1, 0.15) is 24.3 Å². The molecule has 1 aliphatic heterocycles. The Labute approximate surface area is 135 Å². The van der Waals surface area contributed by atoms with E-state index in [0.29, 0.717) is 18.4 Å². The summed E-state index contributed by atoms with van der Waals surface area (Å²) in [4.78, 5) is 25.8. The molecule has 0 radical (unpaired) electrons. The van der Waals surface area contributed by atoms with Crippen molar-refractivity contribution in [1.82, 2.24) is 19.9 Å². The number of carbonyl (C=O) groups is 1. The first-order valence-electron chi connectivity index (χ1n) is 7.71. The molecular formula is C16H20N6O. The van der Waals surface area contributed by atoms with Gasteiger partial charge in [0, 0.05) is 25.1 Å². The third kappa shape index (κ3) is 4.23. The number of anilines is 2. The number of carbonyl (C=O) groups excluding carboxylic acids is 1. The molecule has 3 rings (SSSR count). The van der Waals surface area contributed by atoms with Crippen LogP contribution in [0.5, 0.6) is 0 Å². The van der Waals surface area contributed by atoms with Crippen LogP contribution in [0.25, 0.3) is 0 Å². The zero-order valence-electron chi connectivity index (χ0n) is 12.9. The molecule has 3 N–H and O–H groups in total. The Hall–Kier alpha value is -2.54. The van der Waals surface area contributed by atoms with Gasteiger partial charge >= 0.3 is 0 Å². The van der Waals surface area contributed by atoms with Crippen LogP contribution in [-0.2, 0) is 4.79 Å². The number of amides is 1. The molecule has 1 amide bonds. The third-order valence-corrected chi connectivity index (χ3v) is 3.95. The predicted molar refractivity (Wildman–Crippen MR) is 87.2 cm³/mol. The minimum atomic E-state index is -0.274. The Morgan fingerprint density at radius 3 is 2.91 bits per heavy atom. The highest BCUT2D eigenvalue weighted by Crippen LogP contribution is 2.28. The van der Waals surface area contributed by atoms with Crippen molar-refractivity contribution in [2.24, 2.45) is 5.73 Å². The normalized spacial score (nSPS) is 18.5. The van der Waals surface area contributed by atoms with Crippen molar-refractivity contribution in [2.75, 3.05) is 25.0 Å². The molecule has 0 aromatic carbocycles. The van der Waals surface area contributed by atoms with Gasteiger partial charge in [0.2, 0.25) is 11.9 Å². The molecule has 1 saturated heterocycles. The summed E-state index contributed by atoms with van der Waals surface area (Å²) in [6.07, 6.45) is 7.31. The van der Waals surface area contributed by atoms with Crippen molar-refractivity contribution in [3.63, 3.8) is 0 Å². The number of nitrogens with two attached hydrogens (primary N) is 1. The maximum absolute atomic E-state index is 11.1. The molecule has 1 fully saturated rings. The van der Waals surface area contributed by atoms with Gasteiger partial charge in [0.25, 0.3) is 0 Å². The number of piperidine rings is 1. The summed E-state index contributed by atoms with van der Waals surface area (Å²) in [5.74, 6) is 1.35. The van der Waals surface area contributed by atoms with E-state index in [-0.39, 0.29) is 5.91 Å². The topological polar surface area (TPSA) is 97.0 Å². The van der Waals surface area contributed by atoms with Crippen LogP contribution in [0.15, 0.2) is 36.8 Å². The second-order valence-corrected chi connectivity index (χ2v) is 5.71. The van der Waals surface area contributed by atoms with Gasteiger partial charge in [-0.1, -0.05) is 0 Å². The lowest BCUT2D eigenvalue weighted by Gasteiger charge is -2.32. The van der Waals surface area contributed by atoms with Crippen molar-refractivity contribution in [2.45, 2.75) is 18.8 Å². The monoisotopic (exact) mass is 312 g/mol. The highest BCUT2D eigenvalue weighted by atomic mass is 16.1. The number of primary amides is 1. The zero-order valence-corrected chi connectivity index (χ0v) is 12.9. The molecule has 3 heterocycles. The molecule has 2 aromatic rings. The van der Waals surface area contributed by atoms with Crippen molar-refractivity contribution in [1.29, 1.82) is 0 Å². The maximum atomic E-state index is 11.1. The smallest absolute Gasteiger partial charge is 0.231 e. The Morgan fingerprint density at radius 1 is 1.30 bits per heavy atom. The van der Waals surface area contributed by atoms with Crippen LogP contribution in [0.3, 0.4) is 0 Å². The Kier molecular flexibility index (Phi) is 4.77. The fraction of sp³-hybridized carbons (Fsp3) is 0.375. The Morgan fingerprint density at radius 2 is 2.13 bits per heavy atom. The van der Waals surface area contributed by atoms with Crippen molar-refractivity contribution >= 4 is 17.7 Å². The van der Waals surface area contributed by atoms with Gasteiger partial charge in [-0.15, -0.1) is 0 Å². The van der Waals surface area contributed by atoms with E-state index in [1.807, 2.05) is 12.1 Å². The van der Waals surface area contributed by atoms with E-state index in [0.717, 1.165) is 31.7 Å². The first kappa shape index (κ1) is 15.4. The van der Waals surface area contributed by atoms with Gasteiger partial charge in [0.1, 0.15) is 5.82 Å². The summed E-state index contributed by atoms with van der Waals surface area (Å²) in [5, 5.41) is 3.11. The van der Waals surface area contributed by atoms with Crippen molar-refractivity contribution in [3.8, 4) is 0 Å². The molecule has 2 aromatic heterocycles. The summed E-state index contributed by atoms with van der Waals surface area (Å²) in [6, 6.07) is 5.81. The van der Waals surface area contributed by atoms with Gasteiger partial charge < -0.3 is 11.1 Å². The number of rotatable bonds is 5. The second kappa shape index (κ2) is 7.15. The molecule has 0 unspecified atom stereocenters. The number of hydrogen-bond donors (Lipinski definition) is 2. The summed E-state index contributed by atoms with van der Waals surface area (Å²) >= 11 is 0. The van der Waals surface area contributed by atoms with E-state index in [1.165, 1.54) is 5.56 Å². The average Bonchev–Trinajstić information content (AvgIpc) is 2.56. The van der Waals surface area contributed by atoms with Crippen LogP contribution in [0, 0.1) is 0 Å². The van der Waals surface area contributed by atoms with E-state index in [4.69, 9.17) is 5.73 Å². The molecule has 120 valence electrons. The van der Waals surface area contributed by atoms with Gasteiger partial charge in [0.15, 0.2) is 0 Å². The van der Waals surface area contributed by atoms with Gasteiger partial charge in [0.05, 0.1) is 6.54 Å². The maximum Gasteiger partial charge on any atom is 0.231 e. The average molecular weight is 312 g/mol. The molecule has 1 aliphatic rings. The molecule has 0 bridgehead atoms. The number of likely N-dealkylation sites (tertiary alicyclic amines) is 1. The number of nitrogens with zero attached hydrogens (tertiary/aromatic N) is 4. The van der Waals surface area contributed by atoms with Gasteiger partial charge in [-0.3, -0.25) is 9.69 Å². The fourth-order valence-electron chi connectivity index (χ4n) is 2.94. The van der Waals surface area contributed by atoms with Gasteiger partial charge in [-0.05, 0) is 49.1 Å². The highest BCUT2D eigenvalue weighted by Gasteiger charge is 2.22. The SMILES string of the molecule is NC(=O)CN1CCC[C@@H](c2ccnc(Nc3ncccn3)c2)C1. The van der Waals surface area contributed by atoms with E-state index < -0.39 is 0 Å². The lowest BCUT2D eigenvalue weighted by molar-refractivity contribution is -0.119. The minimum Gasteiger partial charge on any atom is -0.369 e. The quantitative estimate of drug-likeness (QED) is 0.863. The van der Waals surface area contributed by atoms with Crippen molar-refractivity contribution < 1.29 is 4.79 Å². The molecule has 1 atom stereocenters. The molecule has 7 heteroatoms. The van der Waals surface area contributed by atoms with Gasteiger partial charge in [-0.2, -0.15) is 0 Å². The largest absolute Gasteiger partial charge is 0.369 e. The summed E-state index contributed by atoms with van der Waals surface area (Å²) < 4.78 is 0. The third-order valence-electron chi connectivity index (χ3n) is 3.95. The highest BCUT2D eigenvalue weighted by molar-refractivity contribution is 5.75. The van der Waals surface area contributed by atoms with E-state index in [2.05, 4.69) is 25.2 Å². The van der Waals surface area contributed by atoms with Gasteiger partial charge in [-0.25, -0.2) is 15.0 Å². The summed E-state index contributed by atoms with van der Waals surface area (Å²) in [5.41, 5.74) is 6.50. The van der Waals surface area contributed by atoms with Crippen LogP contribution in [0.4, 0.5) is 11.8 Å². The fourth-order valence-corrected chi connectivity index (χ4v) is 2.94. The first-order chi connectivity index (χ1) is 11.2. The summed E-state index contributed by atoms with van der Waals surface area (Å²) in [7, 11) is 0. The Bertz CT molecular complexity index is 663. The first-order valence-corrected chi connectivity index (χ1v) is 7.71. The lowest BCUT2D eigenvalue weighted by Crippen LogP contribution is -2.40. The van der Waals surface area contributed by atoms with Crippen molar-refractivity contribution in [3.05, 3.63) is 42.4 Å². The number of nitrogens with one attached hydrogen (secondary N) is 1. The Balaban J connectivity index is 1.70. The molecule has 0 saturated carbocycles. The van der Waals surface area contributed by atoms with Crippen LogP contribution in [0.2, 0.25) is 0 Å². The van der Waals surface area contributed by atoms with E-state index in [1.54, 1.807) is 24.7 Å². The standard InChI is InChI=1S/C16H20N6O/c17-14(23)11-22-8-1-3-13(10-22)12-4-7-18-15(9-12)21-16-19-5-2-6-20-16/h2,4-7,9,13H,1,3,8,10-11H2,(H2,17,23)(H,18,19,20,21)/t13-/m1/s1. The zero-order chi connectivity index (χ0) is 16.1. The molecule has 0 aliphatic carbocycles. The van der Waals surface area contributed by atoms with Crippen LogP contribution >= 0.6 is 0 Å². The second-order valence-electron chi connectivity index (χ2n) is 5.71. The molecule has 0 spiro atoms. The number of hydrogen-bond acceptors (Lipinski definition) is 6.